The Morgan fingerprint density at radius 2 is 1.12 bits per heavy atom. The normalized spacial score (nSPS) is 14.8. The van der Waals surface area contributed by atoms with Gasteiger partial charge in [-0.15, -0.1) is 0 Å². The van der Waals surface area contributed by atoms with E-state index in [-0.39, 0.29) is 0 Å². The van der Waals surface area contributed by atoms with Crippen molar-refractivity contribution in [3.05, 3.63) is 150 Å². The molecule has 0 bridgehead atoms. The number of nitrogens with zero attached hydrogens (tertiary/aromatic N) is 3. The molecule has 40 heavy (non-hydrogen) atoms. The Kier molecular flexibility index (Phi) is 4.44. The van der Waals surface area contributed by atoms with E-state index < -0.39 is 5.41 Å². The van der Waals surface area contributed by atoms with Crippen molar-refractivity contribution in [2.24, 2.45) is 0 Å². The minimum absolute atomic E-state index is 0.600. The predicted molar refractivity (Wildman–Crippen MR) is 158 cm³/mol. The van der Waals surface area contributed by atoms with Gasteiger partial charge in [0, 0.05) is 39.0 Å². The fraction of sp³-hybridized carbons (Fsp3) is 0.0286. The zero-order valence-corrected chi connectivity index (χ0v) is 22.1. The molecule has 1 aliphatic carbocycles. The largest absolute Gasteiger partial charge is 0.457 e. The summed E-state index contributed by atoms with van der Waals surface area (Å²) in [6, 6.07) is 40.7. The summed E-state index contributed by atoms with van der Waals surface area (Å²) >= 11 is 1.82. The highest BCUT2D eigenvalue weighted by atomic mass is 32.2. The molecule has 0 radical (unpaired) electrons. The molecule has 2 aliphatic heterocycles. The van der Waals surface area contributed by atoms with Crippen LogP contribution in [-0.4, -0.2) is 9.97 Å². The minimum Gasteiger partial charge on any atom is -0.457 e. The van der Waals surface area contributed by atoms with Gasteiger partial charge < -0.3 is 9.64 Å². The van der Waals surface area contributed by atoms with Crippen molar-refractivity contribution >= 4 is 28.8 Å². The first-order valence-corrected chi connectivity index (χ1v) is 14.1. The standard InChI is InChI=1S/C35H21N3OS/c1-4-14-29-23(9-1)35(24-10-7-19-36-33(24)34-25(35)11-8-20-37-34)26-21-22(17-18-30(26)39-29)38-27-12-2-5-15-31(27)40-32-16-6-3-13-28(32)38/h1-21H. The Labute approximate surface area is 236 Å². The second-order valence-electron chi connectivity index (χ2n) is 10.2. The summed E-state index contributed by atoms with van der Waals surface area (Å²) in [5.41, 5.74) is 9.16. The molecule has 188 valence electrons. The van der Waals surface area contributed by atoms with E-state index in [9.17, 15) is 0 Å². The molecule has 1 spiro atoms. The lowest BCUT2D eigenvalue weighted by atomic mass is 9.66. The van der Waals surface area contributed by atoms with Crippen LogP contribution in [0.5, 0.6) is 11.5 Å². The van der Waals surface area contributed by atoms with Gasteiger partial charge in [-0.1, -0.05) is 66.4 Å². The zero-order valence-electron chi connectivity index (χ0n) is 21.3. The van der Waals surface area contributed by atoms with Gasteiger partial charge in [0.05, 0.1) is 28.2 Å². The first-order chi connectivity index (χ1) is 19.8. The molecule has 0 amide bonds. The van der Waals surface area contributed by atoms with E-state index in [4.69, 9.17) is 14.7 Å². The fourth-order valence-electron chi connectivity index (χ4n) is 6.67. The number of pyridine rings is 2. The van der Waals surface area contributed by atoms with E-state index in [2.05, 4.69) is 102 Å². The number of hydrogen-bond acceptors (Lipinski definition) is 5. The number of hydrogen-bond donors (Lipinski definition) is 0. The summed E-state index contributed by atoms with van der Waals surface area (Å²) in [6.45, 7) is 0. The second-order valence-corrected chi connectivity index (χ2v) is 11.3. The lowest BCUT2D eigenvalue weighted by Gasteiger charge is -2.40. The van der Waals surface area contributed by atoms with E-state index in [0.717, 1.165) is 50.8 Å². The Morgan fingerprint density at radius 3 is 1.82 bits per heavy atom. The molecule has 2 aromatic heterocycles. The maximum Gasteiger partial charge on any atom is 0.132 e. The Balaban J connectivity index is 1.37. The quantitative estimate of drug-likeness (QED) is 0.211. The molecule has 0 N–H and O–H groups in total. The molecule has 0 atom stereocenters. The summed E-state index contributed by atoms with van der Waals surface area (Å²) in [4.78, 5) is 14.5. The predicted octanol–water partition coefficient (Wildman–Crippen LogP) is 8.88. The van der Waals surface area contributed by atoms with E-state index in [1.165, 1.54) is 21.2 Å². The molecule has 4 heterocycles. The summed E-state index contributed by atoms with van der Waals surface area (Å²) < 4.78 is 6.61. The molecule has 5 heteroatoms. The molecule has 3 aliphatic rings. The summed E-state index contributed by atoms with van der Waals surface area (Å²) in [6.07, 6.45) is 3.72. The van der Waals surface area contributed by atoms with Crippen LogP contribution in [0.3, 0.4) is 0 Å². The van der Waals surface area contributed by atoms with Crippen molar-refractivity contribution in [3.63, 3.8) is 0 Å². The van der Waals surface area contributed by atoms with Crippen LogP contribution >= 0.6 is 11.8 Å². The van der Waals surface area contributed by atoms with Crippen LogP contribution in [0.4, 0.5) is 17.1 Å². The van der Waals surface area contributed by atoms with Crippen LogP contribution in [0.15, 0.2) is 137 Å². The topological polar surface area (TPSA) is 38.2 Å². The van der Waals surface area contributed by atoms with E-state index in [0.29, 0.717) is 0 Å². The summed E-state index contributed by atoms with van der Waals surface area (Å²) in [5.74, 6) is 1.71. The maximum atomic E-state index is 6.61. The average Bonchev–Trinajstić information content (AvgIpc) is 3.31. The molecule has 4 aromatic carbocycles. The van der Waals surface area contributed by atoms with Crippen molar-refractivity contribution in [3.8, 4) is 22.9 Å². The maximum absolute atomic E-state index is 6.61. The van der Waals surface area contributed by atoms with Crippen LogP contribution in [0.1, 0.15) is 22.3 Å². The van der Waals surface area contributed by atoms with Crippen molar-refractivity contribution < 1.29 is 4.74 Å². The van der Waals surface area contributed by atoms with Gasteiger partial charge in [-0.25, -0.2) is 0 Å². The van der Waals surface area contributed by atoms with Crippen molar-refractivity contribution in [2.45, 2.75) is 15.2 Å². The minimum atomic E-state index is -0.600. The smallest absolute Gasteiger partial charge is 0.132 e. The van der Waals surface area contributed by atoms with Gasteiger partial charge in [-0.05, 0) is 71.8 Å². The van der Waals surface area contributed by atoms with Crippen molar-refractivity contribution in [1.29, 1.82) is 0 Å². The fourth-order valence-corrected chi connectivity index (χ4v) is 7.73. The molecule has 9 rings (SSSR count). The number of ether oxygens (including phenoxy) is 1. The van der Waals surface area contributed by atoms with E-state index in [1.807, 2.05) is 42.4 Å². The monoisotopic (exact) mass is 531 g/mol. The lowest BCUT2D eigenvalue weighted by molar-refractivity contribution is 0.436. The number of para-hydroxylation sites is 3. The van der Waals surface area contributed by atoms with Crippen LogP contribution in [-0.2, 0) is 5.41 Å². The lowest BCUT2D eigenvalue weighted by Crippen LogP contribution is -2.32. The molecule has 0 saturated heterocycles. The highest BCUT2D eigenvalue weighted by Gasteiger charge is 2.52. The van der Waals surface area contributed by atoms with Gasteiger partial charge in [0.1, 0.15) is 11.5 Å². The zero-order chi connectivity index (χ0) is 26.3. The molecule has 6 aromatic rings. The third kappa shape index (κ3) is 2.77. The average molecular weight is 532 g/mol. The second kappa shape index (κ2) is 8.07. The van der Waals surface area contributed by atoms with E-state index in [1.54, 1.807) is 0 Å². The number of rotatable bonds is 1. The van der Waals surface area contributed by atoms with Crippen molar-refractivity contribution in [1.82, 2.24) is 9.97 Å². The van der Waals surface area contributed by atoms with Crippen molar-refractivity contribution in [2.75, 3.05) is 4.90 Å². The molecular formula is C35H21N3OS. The van der Waals surface area contributed by atoms with Gasteiger partial charge in [0.25, 0.3) is 0 Å². The molecule has 0 unspecified atom stereocenters. The van der Waals surface area contributed by atoms with Gasteiger partial charge in [0.15, 0.2) is 0 Å². The molecule has 0 fully saturated rings. The Morgan fingerprint density at radius 1 is 0.550 bits per heavy atom. The third-order valence-electron chi connectivity index (χ3n) is 8.22. The van der Waals surface area contributed by atoms with Crippen LogP contribution in [0, 0.1) is 0 Å². The Hall–Kier alpha value is -4.87. The third-order valence-corrected chi connectivity index (χ3v) is 9.35. The van der Waals surface area contributed by atoms with Crippen LogP contribution < -0.4 is 9.64 Å². The number of fused-ring (bicyclic) bond motifs is 11. The Bertz CT molecular complexity index is 1910. The van der Waals surface area contributed by atoms with Gasteiger partial charge in [-0.3, -0.25) is 9.97 Å². The van der Waals surface area contributed by atoms with Gasteiger partial charge >= 0.3 is 0 Å². The van der Waals surface area contributed by atoms with Crippen LogP contribution in [0.25, 0.3) is 11.4 Å². The first kappa shape index (κ1) is 22.0. The number of benzene rings is 4. The summed E-state index contributed by atoms with van der Waals surface area (Å²) in [7, 11) is 0. The number of aromatic nitrogens is 2. The van der Waals surface area contributed by atoms with Gasteiger partial charge in [-0.2, -0.15) is 0 Å². The SMILES string of the molecule is c1ccc2c(c1)Oc1ccc(N3c4ccccc4Sc4ccccc43)cc1C21c2cccnc2-c2ncccc21. The van der Waals surface area contributed by atoms with Crippen LogP contribution in [0.2, 0.25) is 0 Å². The molecule has 0 saturated carbocycles. The van der Waals surface area contributed by atoms with E-state index >= 15 is 0 Å². The first-order valence-electron chi connectivity index (χ1n) is 13.3. The highest BCUT2D eigenvalue weighted by Crippen LogP contribution is 2.62. The molecule has 4 nitrogen and oxygen atoms in total. The summed E-state index contributed by atoms with van der Waals surface area (Å²) in [5, 5.41) is 0. The highest BCUT2D eigenvalue weighted by molar-refractivity contribution is 7.99. The molecular weight excluding hydrogens is 510 g/mol. The van der Waals surface area contributed by atoms with Gasteiger partial charge in [0.2, 0.25) is 0 Å². The number of anilines is 3.